The Kier molecular flexibility index (Phi) is 5.53. The number of ether oxygens (including phenoxy) is 3. The van der Waals surface area contributed by atoms with Crippen LogP contribution in [-0.4, -0.2) is 50.7 Å². The molecule has 1 aromatic carbocycles. The van der Waals surface area contributed by atoms with Gasteiger partial charge < -0.3 is 14.2 Å². The fourth-order valence-corrected chi connectivity index (χ4v) is 4.70. The minimum Gasteiger partial charge on any atom is -0.371 e. The van der Waals surface area contributed by atoms with E-state index in [0.29, 0.717) is 11.5 Å². The van der Waals surface area contributed by atoms with Crippen LogP contribution in [-0.2, 0) is 28.8 Å². The second kappa shape index (κ2) is 7.38. The molecule has 0 saturated carbocycles. The van der Waals surface area contributed by atoms with E-state index >= 15 is 0 Å². The molecule has 0 amide bonds. The molecule has 2 heterocycles. The summed E-state index contributed by atoms with van der Waals surface area (Å²) in [5.74, 6) is -0.653. The molecule has 0 radical (unpaired) electrons. The number of Topliss-reactive ketones (excluding diaryl/α,β-unsaturated/α-hetero) is 1. The fourth-order valence-electron chi connectivity index (χ4n) is 3.34. The molecule has 0 aromatic heterocycles. The van der Waals surface area contributed by atoms with Gasteiger partial charge in [-0.2, -0.15) is 0 Å². The molecular formula is C19H26O6S. The molecule has 3 atom stereocenters. The van der Waals surface area contributed by atoms with Crippen LogP contribution in [0.5, 0.6) is 0 Å². The van der Waals surface area contributed by atoms with Crippen molar-refractivity contribution >= 4 is 15.6 Å². The number of carbonyl (C=O) groups excluding carboxylic acids is 1. The lowest BCUT2D eigenvalue weighted by Crippen LogP contribution is -2.42. The SMILES string of the molecule is Cc1ccc(S(=O)(=O)CC[C@H]2CC(=O)C[C@@H]([C@H]3COC(C)(C)O3)O2)cc1. The van der Waals surface area contributed by atoms with Gasteiger partial charge in [-0.15, -0.1) is 0 Å². The largest absolute Gasteiger partial charge is 0.371 e. The molecule has 144 valence electrons. The predicted octanol–water partition coefficient (Wildman–Crippen LogP) is 2.43. The molecule has 2 aliphatic rings. The van der Waals surface area contributed by atoms with Gasteiger partial charge in [-0.05, 0) is 39.3 Å². The summed E-state index contributed by atoms with van der Waals surface area (Å²) in [4.78, 5) is 12.4. The molecule has 0 spiro atoms. The van der Waals surface area contributed by atoms with Gasteiger partial charge in [0.15, 0.2) is 15.6 Å². The number of hydrogen-bond donors (Lipinski definition) is 0. The zero-order valence-corrected chi connectivity index (χ0v) is 16.3. The van der Waals surface area contributed by atoms with Crippen molar-refractivity contribution in [3.8, 4) is 0 Å². The Bertz CT molecular complexity index is 753. The van der Waals surface area contributed by atoms with Gasteiger partial charge >= 0.3 is 0 Å². The van der Waals surface area contributed by atoms with Gasteiger partial charge in [-0.25, -0.2) is 8.42 Å². The van der Waals surface area contributed by atoms with E-state index in [1.165, 1.54) is 0 Å². The first-order valence-corrected chi connectivity index (χ1v) is 10.6. The Morgan fingerprint density at radius 2 is 1.81 bits per heavy atom. The molecule has 3 rings (SSSR count). The zero-order valence-electron chi connectivity index (χ0n) is 15.4. The van der Waals surface area contributed by atoms with Crippen molar-refractivity contribution in [1.82, 2.24) is 0 Å². The van der Waals surface area contributed by atoms with Crippen molar-refractivity contribution in [2.24, 2.45) is 0 Å². The number of sulfone groups is 1. The van der Waals surface area contributed by atoms with Crippen LogP contribution in [0.15, 0.2) is 29.2 Å². The number of aryl methyl sites for hydroxylation is 1. The quantitative estimate of drug-likeness (QED) is 0.778. The van der Waals surface area contributed by atoms with Crippen LogP contribution in [0.4, 0.5) is 0 Å². The fraction of sp³-hybridized carbons (Fsp3) is 0.632. The standard InChI is InChI=1S/C19H26O6S/c1-13-4-6-16(7-5-13)26(21,22)9-8-15-10-14(20)11-17(24-15)18-12-23-19(2,3)25-18/h4-7,15,17-18H,8-12H2,1-3H3/t15-,17-,18+/m0/s1. The lowest BCUT2D eigenvalue weighted by Gasteiger charge is -2.32. The lowest BCUT2D eigenvalue weighted by atomic mass is 9.98. The van der Waals surface area contributed by atoms with Gasteiger partial charge in [0.25, 0.3) is 0 Å². The highest BCUT2D eigenvalue weighted by atomic mass is 32.2. The molecule has 1 aromatic rings. The highest BCUT2D eigenvalue weighted by Crippen LogP contribution is 2.30. The van der Waals surface area contributed by atoms with Crippen molar-refractivity contribution in [3.05, 3.63) is 29.8 Å². The number of hydrogen-bond acceptors (Lipinski definition) is 6. The summed E-state index contributed by atoms with van der Waals surface area (Å²) < 4.78 is 42.3. The van der Waals surface area contributed by atoms with Crippen molar-refractivity contribution in [3.63, 3.8) is 0 Å². The first-order chi connectivity index (χ1) is 12.1. The van der Waals surface area contributed by atoms with E-state index in [9.17, 15) is 13.2 Å². The van der Waals surface area contributed by atoms with E-state index in [-0.39, 0.29) is 43.0 Å². The van der Waals surface area contributed by atoms with Crippen molar-refractivity contribution in [1.29, 1.82) is 0 Å². The number of ketones is 1. The highest BCUT2D eigenvalue weighted by molar-refractivity contribution is 7.91. The molecule has 2 fully saturated rings. The van der Waals surface area contributed by atoms with E-state index in [1.807, 2.05) is 20.8 Å². The first-order valence-electron chi connectivity index (χ1n) is 8.93. The summed E-state index contributed by atoms with van der Waals surface area (Å²) in [6.45, 7) is 5.93. The maximum absolute atomic E-state index is 12.5. The van der Waals surface area contributed by atoms with Crippen molar-refractivity contribution in [2.75, 3.05) is 12.4 Å². The van der Waals surface area contributed by atoms with E-state index in [0.717, 1.165) is 5.56 Å². The molecule has 26 heavy (non-hydrogen) atoms. The van der Waals surface area contributed by atoms with Gasteiger partial charge in [0.2, 0.25) is 0 Å². The van der Waals surface area contributed by atoms with Crippen LogP contribution >= 0.6 is 0 Å². The number of carbonyl (C=O) groups is 1. The molecule has 0 aliphatic carbocycles. The Morgan fingerprint density at radius 1 is 1.12 bits per heavy atom. The second-order valence-corrected chi connectivity index (χ2v) is 9.64. The third kappa shape index (κ3) is 4.71. The molecule has 2 aliphatic heterocycles. The zero-order chi connectivity index (χ0) is 18.9. The lowest BCUT2D eigenvalue weighted by molar-refractivity contribution is -0.173. The molecule has 6 nitrogen and oxygen atoms in total. The molecule has 7 heteroatoms. The molecular weight excluding hydrogens is 356 g/mol. The van der Waals surface area contributed by atoms with E-state index in [4.69, 9.17) is 14.2 Å². The van der Waals surface area contributed by atoms with Gasteiger partial charge in [0.1, 0.15) is 11.9 Å². The monoisotopic (exact) mass is 382 g/mol. The smallest absolute Gasteiger partial charge is 0.178 e. The number of rotatable bonds is 5. The minimum atomic E-state index is -3.40. The van der Waals surface area contributed by atoms with Crippen LogP contribution in [0.2, 0.25) is 0 Å². The Labute approximate surface area is 154 Å². The first kappa shape index (κ1) is 19.5. The molecule has 2 saturated heterocycles. The van der Waals surface area contributed by atoms with Crippen LogP contribution in [0, 0.1) is 6.92 Å². The number of benzene rings is 1. The summed E-state index contributed by atoms with van der Waals surface area (Å²) in [6, 6.07) is 6.80. The van der Waals surface area contributed by atoms with Gasteiger partial charge in [-0.3, -0.25) is 4.79 Å². The van der Waals surface area contributed by atoms with Crippen molar-refractivity contribution < 1.29 is 27.4 Å². The summed E-state index contributed by atoms with van der Waals surface area (Å²) in [6.07, 6.45) is -0.276. The van der Waals surface area contributed by atoms with Crippen LogP contribution in [0.3, 0.4) is 0 Å². The Balaban J connectivity index is 1.60. The van der Waals surface area contributed by atoms with Gasteiger partial charge in [0, 0.05) is 12.8 Å². The molecule has 0 N–H and O–H groups in total. The van der Waals surface area contributed by atoms with Crippen LogP contribution < -0.4 is 0 Å². The Morgan fingerprint density at radius 3 is 2.42 bits per heavy atom. The van der Waals surface area contributed by atoms with E-state index < -0.39 is 21.7 Å². The van der Waals surface area contributed by atoms with E-state index in [1.54, 1.807) is 24.3 Å². The third-order valence-electron chi connectivity index (χ3n) is 4.79. The summed E-state index contributed by atoms with van der Waals surface area (Å²) in [5.41, 5.74) is 1.01. The average Bonchev–Trinajstić information content (AvgIpc) is 2.93. The van der Waals surface area contributed by atoms with Crippen LogP contribution in [0.1, 0.15) is 38.7 Å². The third-order valence-corrected chi connectivity index (χ3v) is 6.55. The second-order valence-electron chi connectivity index (χ2n) is 7.53. The van der Waals surface area contributed by atoms with Crippen molar-refractivity contribution in [2.45, 2.75) is 69.0 Å². The minimum absolute atomic E-state index is 0.0474. The van der Waals surface area contributed by atoms with Gasteiger partial charge in [0.05, 0.1) is 29.5 Å². The Hall–Kier alpha value is -1.28. The average molecular weight is 382 g/mol. The van der Waals surface area contributed by atoms with Crippen LogP contribution in [0.25, 0.3) is 0 Å². The topological polar surface area (TPSA) is 78.9 Å². The van der Waals surface area contributed by atoms with E-state index in [2.05, 4.69) is 0 Å². The summed E-state index contributed by atoms with van der Waals surface area (Å²) in [7, 11) is -3.40. The maximum Gasteiger partial charge on any atom is 0.178 e. The maximum atomic E-state index is 12.5. The molecule has 0 bridgehead atoms. The van der Waals surface area contributed by atoms with Gasteiger partial charge in [-0.1, -0.05) is 17.7 Å². The summed E-state index contributed by atoms with van der Waals surface area (Å²) >= 11 is 0. The predicted molar refractivity (Wildman–Crippen MR) is 95.7 cm³/mol. The summed E-state index contributed by atoms with van der Waals surface area (Å²) in [5, 5.41) is 0. The molecule has 0 unspecified atom stereocenters. The normalized spacial score (nSPS) is 29.0. The highest BCUT2D eigenvalue weighted by Gasteiger charge is 2.41.